The van der Waals surface area contributed by atoms with Crippen LogP contribution in [0.25, 0.3) is 0 Å². The lowest BCUT2D eigenvalue weighted by Crippen LogP contribution is -2.44. The van der Waals surface area contributed by atoms with Crippen LogP contribution in [0.3, 0.4) is 0 Å². The summed E-state index contributed by atoms with van der Waals surface area (Å²) >= 11 is 0. The summed E-state index contributed by atoms with van der Waals surface area (Å²) in [5, 5.41) is 8.48. The van der Waals surface area contributed by atoms with Gasteiger partial charge in [0.2, 0.25) is 10.0 Å². The molecule has 0 bridgehead atoms. The first-order valence-corrected chi connectivity index (χ1v) is 5.93. The van der Waals surface area contributed by atoms with Crippen molar-refractivity contribution in [1.82, 2.24) is 4.31 Å². The number of rotatable bonds is 3. The molecule has 0 N–H and O–H groups in total. The first-order chi connectivity index (χ1) is 6.14. The fourth-order valence-corrected chi connectivity index (χ4v) is 2.34. The normalized spacial score (nSPS) is 15.2. The average Bonchev–Trinajstić information content (AvgIpc) is 2.01. The Morgan fingerprint density at radius 2 is 1.86 bits per heavy atom. The first kappa shape index (κ1) is 13.4. The Hall–Kier alpha value is -0.600. The smallest absolute Gasteiger partial charge is 0.212 e. The van der Waals surface area contributed by atoms with Gasteiger partial charge in [0.05, 0.1) is 17.2 Å². The zero-order valence-corrected chi connectivity index (χ0v) is 10.2. The van der Waals surface area contributed by atoms with E-state index in [4.69, 9.17) is 5.26 Å². The van der Waals surface area contributed by atoms with Crippen molar-refractivity contribution in [3.63, 3.8) is 0 Å². The molecule has 5 heteroatoms. The summed E-state index contributed by atoms with van der Waals surface area (Å²) in [5.41, 5.74) is 0. The van der Waals surface area contributed by atoms with Crippen molar-refractivity contribution < 1.29 is 8.42 Å². The molecule has 1 atom stereocenters. The molecule has 0 aliphatic rings. The lowest BCUT2D eigenvalue weighted by atomic mass is 10.3. The minimum Gasteiger partial charge on any atom is -0.212 e. The highest BCUT2D eigenvalue weighted by Gasteiger charge is 2.35. The Labute approximate surface area is 86.6 Å². The van der Waals surface area contributed by atoms with Crippen molar-refractivity contribution in [1.29, 1.82) is 5.26 Å². The van der Waals surface area contributed by atoms with Gasteiger partial charge < -0.3 is 0 Å². The molecule has 0 heterocycles. The molecule has 0 aromatic carbocycles. The van der Waals surface area contributed by atoms with Crippen LogP contribution in [-0.2, 0) is 10.0 Å². The predicted octanol–water partition coefficient (Wildman–Crippen LogP) is 1.35. The van der Waals surface area contributed by atoms with Crippen LogP contribution in [0.1, 0.15) is 34.1 Å². The fraction of sp³-hybridized carbons (Fsp3) is 0.889. The Morgan fingerprint density at radius 3 is 2.14 bits per heavy atom. The molecule has 0 spiro atoms. The highest BCUT2D eigenvalue weighted by atomic mass is 32.2. The van der Waals surface area contributed by atoms with Gasteiger partial charge in [-0.1, -0.05) is 0 Å². The molecule has 0 saturated carbocycles. The molecule has 0 aliphatic carbocycles. The predicted molar refractivity (Wildman–Crippen MR) is 56.1 cm³/mol. The highest BCUT2D eigenvalue weighted by molar-refractivity contribution is 7.90. The zero-order chi connectivity index (χ0) is 11.6. The summed E-state index contributed by atoms with van der Waals surface area (Å²) in [7, 11) is -1.80. The van der Waals surface area contributed by atoms with E-state index in [0.29, 0.717) is 0 Å². The number of hydrogen-bond donors (Lipinski definition) is 0. The van der Waals surface area contributed by atoms with Gasteiger partial charge >= 0.3 is 0 Å². The van der Waals surface area contributed by atoms with Crippen molar-refractivity contribution >= 4 is 10.0 Å². The second kappa shape index (κ2) is 4.28. The average molecular weight is 218 g/mol. The summed E-state index contributed by atoms with van der Waals surface area (Å²) in [5.74, 6) is 0. The van der Waals surface area contributed by atoms with E-state index >= 15 is 0 Å². The molecule has 0 aliphatic heterocycles. The molecule has 82 valence electrons. The molecule has 0 saturated heterocycles. The lowest BCUT2D eigenvalue weighted by Gasteiger charge is -2.30. The van der Waals surface area contributed by atoms with Crippen LogP contribution in [0.15, 0.2) is 0 Å². The number of nitriles is 1. The van der Waals surface area contributed by atoms with Crippen LogP contribution in [0.4, 0.5) is 0 Å². The van der Waals surface area contributed by atoms with Crippen LogP contribution in [0.2, 0.25) is 0 Å². The van der Waals surface area contributed by atoms with E-state index in [1.807, 2.05) is 6.07 Å². The van der Waals surface area contributed by atoms with Gasteiger partial charge in [0, 0.05) is 13.1 Å². The molecule has 4 nitrogen and oxygen atoms in total. The summed E-state index contributed by atoms with van der Waals surface area (Å²) in [6.45, 7) is 6.68. The standard InChI is InChI=1S/C9H18N2O2S/c1-8(6-7-10)11(5)14(12,13)9(2,3)4/h8H,6H2,1-5H3. The summed E-state index contributed by atoms with van der Waals surface area (Å²) in [6.07, 6.45) is 0.214. The largest absolute Gasteiger partial charge is 0.219 e. The van der Waals surface area contributed by atoms with Crippen LogP contribution < -0.4 is 0 Å². The van der Waals surface area contributed by atoms with E-state index in [0.717, 1.165) is 0 Å². The third kappa shape index (κ3) is 2.69. The molecule has 0 aromatic rings. The van der Waals surface area contributed by atoms with E-state index in [1.165, 1.54) is 11.4 Å². The van der Waals surface area contributed by atoms with Gasteiger partial charge in [-0.15, -0.1) is 0 Å². The van der Waals surface area contributed by atoms with Crippen LogP contribution >= 0.6 is 0 Å². The second-order valence-corrected chi connectivity index (χ2v) is 7.10. The highest BCUT2D eigenvalue weighted by Crippen LogP contribution is 2.21. The van der Waals surface area contributed by atoms with Gasteiger partial charge in [-0.05, 0) is 27.7 Å². The molecule has 0 amide bonds. The maximum Gasteiger partial charge on any atom is 0.219 e. The molecule has 0 rings (SSSR count). The first-order valence-electron chi connectivity index (χ1n) is 4.49. The van der Waals surface area contributed by atoms with Crippen LogP contribution in [-0.4, -0.2) is 30.6 Å². The quantitative estimate of drug-likeness (QED) is 0.718. The van der Waals surface area contributed by atoms with Gasteiger partial charge in [0.1, 0.15) is 0 Å². The minimum absolute atomic E-state index is 0.214. The van der Waals surface area contributed by atoms with Crippen molar-refractivity contribution in [3.05, 3.63) is 0 Å². The molecule has 0 radical (unpaired) electrons. The van der Waals surface area contributed by atoms with Gasteiger partial charge in [-0.3, -0.25) is 0 Å². The fourth-order valence-electron chi connectivity index (χ4n) is 0.930. The van der Waals surface area contributed by atoms with Crippen molar-refractivity contribution in [2.24, 2.45) is 0 Å². The van der Waals surface area contributed by atoms with E-state index in [-0.39, 0.29) is 12.5 Å². The number of sulfonamides is 1. The molecular formula is C9H18N2O2S. The third-order valence-corrected chi connectivity index (χ3v) is 4.83. The number of hydrogen-bond acceptors (Lipinski definition) is 3. The summed E-state index contributed by atoms with van der Waals surface area (Å²) in [4.78, 5) is 0. The minimum atomic E-state index is -3.32. The summed E-state index contributed by atoms with van der Waals surface area (Å²) < 4.78 is 24.2. The Balaban J connectivity index is 4.88. The molecular weight excluding hydrogens is 200 g/mol. The van der Waals surface area contributed by atoms with Gasteiger partial charge in [0.15, 0.2) is 0 Å². The number of nitrogens with zero attached hydrogens (tertiary/aromatic N) is 2. The lowest BCUT2D eigenvalue weighted by molar-refractivity contribution is 0.378. The van der Waals surface area contributed by atoms with Crippen molar-refractivity contribution in [2.75, 3.05) is 7.05 Å². The second-order valence-electron chi connectivity index (χ2n) is 4.34. The van der Waals surface area contributed by atoms with E-state index < -0.39 is 14.8 Å². The Bertz CT molecular complexity index is 322. The van der Waals surface area contributed by atoms with Gasteiger partial charge in [0.25, 0.3) is 0 Å². The third-order valence-electron chi connectivity index (χ3n) is 2.16. The maximum atomic E-state index is 11.9. The zero-order valence-electron chi connectivity index (χ0n) is 9.40. The summed E-state index contributed by atoms with van der Waals surface area (Å²) in [6, 6.07) is 1.69. The maximum absolute atomic E-state index is 11.9. The molecule has 14 heavy (non-hydrogen) atoms. The van der Waals surface area contributed by atoms with Crippen LogP contribution in [0.5, 0.6) is 0 Å². The SMILES string of the molecule is CC(CC#N)N(C)S(=O)(=O)C(C)(C)C. The monoisotopic (exact) mass is 218 g/mol. The van der Waals surface area contributed by atoms with E-state index in [9.17, 15) is 8.42 Å². The van der Waals surface area contributed by atoms with E-state index in [2.05, 4.69) is 0 Å². The van der Waals surface area contributed by atoms with Gasteiger partial charge in [-0.2, -0.15) is 5.26 Å². The van der Waals surface area contributed by atoms with Crippen molar-refractivity contribution in [3.8, 4) is 6.07 Å². The molecule has 1 unspecified atom stereocenters. The van der Waals surface area contributed by atoms with Crippen LogP contribution in [0, 0.1) is 11.3 Å². The van der Waals surface area contributed by atoms with Crippen molar-refractivity contribution in [2.45, 2.75) is 44.9 Å². The molecule has 0 fully saturated rings. The topological polar surface area (TPSA) is 61.2 Å². The Kier molecular flexibility index (Phi) is 4.10. The molecule has 0 aromatic heterocycles. The van der Waals surface area contributed by atoms with E-state index in [1.54, 1.807) is 27.7 Å². The van der Waals surface area contributed by atoms with Gasteiger partial charge in [-0.25, -0.2) is 12.7 Å². The Morgan fingerprint density at radius 1 is 1.43 bits per heavy atom.